The minimum absolute atomic E-state index is 0.0863. The quantitative estimate of drug-likeness (QED) is 0.700. The standard InChI is InChI=1S/C16H23N3O2/c1-4-5-16(21-11-10-20-3)19-12-15(17-18-19)14-8-6-13(2)7-9-14/h6-9,12,16H,4-5,10-11H2,1-3H3. The zero-order chi connectivity index (χ0) is 15.1. The minimum atomic E-state index is -0.0863. The van der Waals surface area contributed by atoms with Gasteiger partial charge in [-0.3, -0.25) is 0 Å². The maximum absolute atomic E-state index is 5.81. The molecule has 5 nitrogen and oxygen atoms in total. The summed E-state index contributed by atoms with van der Waals surface area (Å²) in [5.74, 6) is 0. The fourth-order valence-electron chi connectivity index (χ4n) is 2.08. The van der Waals surface area contributed by atoms with Gasteiger partial charge in [-0.2, -0.15) is 0 Å². The van der Waals surface area contributed by atoms with Gasteiger partial charge in [-0.05, 0) is 13.3 Å². The van der Waals surface area contributed by atoms with E-state index in [1.807, 2.05) is 6.20 Å². The minimum Gasteiger partial charge on any atom is -0.382 e. The highest BCUT2D eigenvalue weighted by Gasteiger charge is 2.13. The molecule has 0 saturated carbocycles. The third kappa shape index (κ3) is 4.37. The maximum atomic E-state index is 5.81. The van der Waals surface area contributed by atoms with Gasteiger partial charge in [0.15, 0.2) is 6.23 Å². The zero-order valence-electron chi connectivity index (χ0n) is 13.0. The van der Waals surface area contributed by atoms with Crippen molar-refractivity contribution in [2.24, 2.45) is 0 Å². The number of ether oxygens (including phenoxy) is 2. The summed E-state index contributed by atoms with van der Waals surface area (Å²) in [7, 11) is 1.67. The topological polar surface area (TPSA) is 49.2 Å². The van der Waals surface area contributed by atoms with Gasteiger partial charge in [-0.25, -0.2) is 4.68 Å². The SMILES string of the molecule is CCCC(OCCOC)n1cc(-c2ccc(C)cc2)nn1. The Hall–Kier alpha value is -1.72. The molecule has 2 aromatic rings. The summed E-state index contributed by atoms with van der Waals surface area (Å²) in [6.07, 6.45) is 3.78. The first kappa shape index (κ1) is 15.7. The van der Waals surface area contributed by atoms with Gasteiger partial charge in [-0.15, -0.1) is 5.10 Å². The van der Waals surface area contributed by atoms with Crippen LogP contribution in [0.15, 0.2) is 30.5 Å². The van der Waals surface area contributed by atoms with Crippen molar-refractivity contribution in [2.75, 3.05) is 20.3 Å². The van der Waals surface area contributed by atoms with Crippen LogP contribution in [0.2, 0.25) is 0 Å². The summed E-state index contributed by atoms with van der Waals surface area (Å²) >= 11 is 0. The van der Waals surface area contributed by atoms with Crippen molar-refractivity contribution in [3.63, 3.8) is 0 Å². The molecule has 0 bridgehead atoms. The molecule has 0 aliphatic rings. The summed E-state index contributed by atoms with van der Waals surface area (Å²) in [5, 5.41) is 8.46. The van der Waals surface area contributed by atoms with Crippen molar-refractivity contribution in [1.82, 2.24) is 15.0 Å². The zero-order valence-corrected chi connectivity index (χ0v) is 13.0. The molecule has 114 valence electrons. The second kappa shape index (κ2) is 7.90. The van der Waals surface area contributed by atoms with Gasteiger partial charge >= 0.3 is 0 Å². The summed E-state index contributed by atoms with van der Waals surface area (Å²) in [5.41, 5.74) is 3.17. The van der Waals surface area contributed by atoms with Crippen LogP contribution in [-0.4, -0.2) is 35.3 Å². The molecule has 0 radical (unpaired) electrons. The molecule has 0 fully saturated rings. The lowest BCUT2D eigenvalue weighted by Gasteiger charge is -2.16. The fourth-order valence-corrected chi connectivity index (χ4v) is 2.08. The highest BCUT2D eigenvalue weighted by molar-refractivity contribution is 5.57. The molecule has 1 aromatic carbocycles. The van der Waals surface area contributed by atoms with Crippen molar-refractivity contribution in [2.45, 2.75) is 32.9 Å². The summed E-state index contributed by atoms with van der Waals surface area (Å²) in [4.78, 5) is 0. The molecule has 21 heavy (non-hydrogen) atoms. The van der Waals surface area contributed by atoms with Crippen molar-refractivity contribution in [1.29, 1.82) is 0 Å². The third-order valence-electron chi connectivity index (χ3n) is 3.29. The van der Waals surface area contributed by atoms with Crippen LogP contribution >= 0.6 is 0 Å². The largest absolute Gasteiger partial charge is 0.382 e. The van der Waals surface area contributed by atoms with E-state index in [1.54, 1.807) is 11.8 Å². The first-order valence-electron chi connectivity index (χ1n) is 7.34. The van der Waals surface area contributed by atoms with E-state index in [2.05, 4.69) is 48.4 Å². The van der Waals surface area contributed by atoms with Crippen LogP contribution in [0.25, 0.3) is 11.3 Å². The monoisotopic (exact) mass is 289 g/mol. The molecule has 1 unspecified atom stereocenters. The van der Waals surface area contributed by atoms with Crippen LogP contribution in [0.4, 0.5) is 0 Å². The predicted molar refractivity (Wildman–Crippen MR) is 82.0 cm³/mol. The second-order valence-corrected chi connectivity index (χ2v) is 5.06. The summed E-state index contributed by atoms with van der Waals surface area (Å²) in [6.45, 7) is 5.34. The average Bonchev–Trinajstić information content (AvgIpc) is 2.97. The van der Waals surface area contributed by atoms with Gasteiger partial charge < -0.3 is 9.47 Å². The molecular weight excluding hydrogens is 266 g/mol. The van der Waals surface area contributed by atoms with E-state index in [9.17, 15) is 0 Å². The Balaban J connectivity index is 2.10. The smallest absolute Gasteiger partial charge is 0.152 e. The lowest BCUT2D eigenvalue weighted by Crippen LogP contribution is -2.16. The van der Waals surface area contributed by atoms with Gasteiger partial charge in [0.25, 0.3) is 0 Å². The Bertz CT molecular complexity index is 537. The molecular formula is C16H23N3O2. The normalized spacial score (nSPS) is 12.5. The van der Waals surface area contributed by atoms with Crippen LogP contribution in [0, 0.1) is 6.92 Å². The Labute approximate surface area is 125 Å². The van der Waals surface area contributed by atoms with E-state index < -0.39 is 0 Å². The molecule has 2 rings (SSSR count). The molecule has 0 saturated heterocycles. The molecule has 0 amide bonds. The van der Waals surface area contributed by atoms with Crippen LogP contribution in [-0.2, 0) is 9.47 Å². The van der Waals surface area contributed by atoms with E-state index >= 15 is 0 Å². The first-order valence-corrected chi connectivity index (χ1v) is 7.34. The summed E-state index contributed by atoms with van der Waals surface area (Å²) < 4.78 is 12.6. The number of hydrogen-bond acceptors (Lipinski definition) is 4. The Kier molecular flexibility index (Phi) is 5.90. The Morgan fingerprint density at radius 3 is 2.62 bits per heavy atom. The highest BCUT2D eigenvalue weighted by atomic mass is 16.5. The van der Waals surface area contributed by atoms with Crippen LogP contribution < -0.4 is 0 Å². The van der Waals surface area contributed by atoms with Gasteiger partial charge in [0.1, 0.15) is 5.69 Å². The average molecular weight is 289 g/mol. The first-order chi connectivity index (χ1) is 10.2. The van der Waals surface area contributed by atoms with E-state index in [0.717, 1.165) is 24.1 Å². The van der Waals surface area contributed by atoms with Crippen LogP contribution in [0.5, 0.6) is 0 Å². The Morgan fingerprint density at radius 1 is 1.19 bits per heavy atom. The predicted octanol–water partition coefficient (Wildman–Crippen LogP) is 3.22. The molecule has 1 aromatic heterocycles. The number of rotatable bonds is 8. The van der Waals surface area contributed by atoms with Crippen molar-refractivity contribution >= 4 is 0 Å². The van der Waals surface area contributed by atoms with Crippen LogP contribution in [0.1, 0.15) is 31.6 Å². The summed E-state index contributed by atoms with van der Waals surface area (Å²) in [6, 6.07) is 8.27. The van der Waals surface area contributed by atoms with Gasteiger partial charge in [0.05, 0.1) is 19.4 Å². The molecule has 1 atom stereocenters. The fraction of sp³-hybridized carbons (Fsp3) is 0.500. The molecule has 0 N–H and O–H groups in total. The third-order valence-corrected chi connectivity index (χ3v) is 3.29. The van der Waals surface area contributed by atoms with E-state index in [-0.39, 0.29) is 6.23 Å². The van der Waals surface area contributed by atoms with E-state index in [0.29, 0.717) is 13.2 Å². The second-order valence-electron chi connectivity index (χ2n) is 5.06. The number of aromatic nitrogens is 3. The molecule has 5 heteroatoms. The lowest BCUT2D eigenvalue weighted by molar-refractivity contribution is -0.0348. The van der Waals surface area contributed by atoms with Crippen LogP contribution in [0.3, 0.4) is 0 Å². The number of nitrogens with zero attached hydrogens (tertiary/aromatic N) is 3. The molecule has 0 spiro atoms. The molecule has 1 heterocycles. The number of benzene rings is 1. The number of hydrogen-bond donors (Lipinski definition) is 0. The lowest BCUT2D eigenvalue weighted by atomic mass is 10.1. The molecule has 0 aliphatic heterocycles. The van der Waals surface area contributed by atoms with Crippen molar-refractivity contribution in [3.05, 3.63) is 36.0 Å². The Morgan fingerprint density at radius 2 is 1.95 bits per heavy atom. The maximum Gasteiger partial charge on any atom is 0.152 e. The van der Waals surface area contributed by atoms with Gasteiger partial charge in [0, 0.05) is 12.7 Å². The van der Waals surface area contributed by atoms with Gasteiger partial charge in [0.2, 0.25) is 0 Å². The van der Waals surface area contributed by atoms with E-state index in [1.165, 1.54) is 5.56 Å². The highest BCUT2D eigenvalue weighted by Crippen LogP contribution is 2.20. The number of aryl methyl sites for hydroxylation is 1. The molecule has 0 aliphatic carbocycles. The van der Waals surface area contributed by atoms with Crippen molar-refractivity contribution in [3.8, 4) is 11.3 Å². The van der Waals surface area contributed by atoms with Crippen molar-refractivity contribution < 1.29 is 9.47 Å². The van der Waals surface area contributed by atoms with Gasteiger partial charge in [-0.1, -0.05) is 48.4 Å². The number of methoxy groups -OCH3 is 1. The van der Waals surface area contributed by atoms with E-state index in [4.69, 9.17) is 9.47 Å².